The van der Waals surface area contributed by atoms with Crippen LogP contribution in [0.1, 0.15) is 28.8 Å². The number of aryl methyl sites for hydroxylation is 1. The zero-order valence-corrected chi connectivity index (χ0v) is 11.2. The molecule has 0 unspecified atom stereocenters. The monoisotopic (exact) mass is 298 g/mol. The van der Waals surface area contributed by atoms with Crippen LogP contribution in [-0.4, -0.2) is 18.4 Å². The number of nitrogens with two attached hydrogens (primary N) is 1. The first-order valence-electron chi connectivity index (χ1n) is 5.33. The van der Waals surface area contributed by atoms with Crippen molar-refractivity contribution in [3.63, 3.8) is 0 Å². The number of rotatable bonds is 5. The summed E-state index contributed by atoms with van der Waals surface area (Å²) in [5, 5.41) is 2.73. The maximum atomic E-state index is 11.7. The molecule has 0 saturated carbocycles. The first kappa shape index (κ1) is 13.7. The summed E-state index contributed by atoms with van der Waals surface area (Å²) in [6.07, 6.45) is 0.853. The second kappa shape index (κ2) is 6.39. The SMILES string of the molecule is Cc1ccc(C(=O)NCCCC(N)=O)cc1Br. The van der Waals surface area contributed by atoms with E-state index < -0.39 is 0 Å². The number of hydrogen-bond donors (Lipinski definition) is 2. The number of hydrogen-bond acceptors (Lipinski definition) is 2. The number of carbonyl (C=O) groups excluding carboxylic acids is 2. The van der Waals surface area contributed by atoms with Gasteiger partial charge in [0.25, 0.3) is 5.91 Å². The summed E-state index contributed by atoms with van der Waals surface area (Å²) in [6.45, 7) is 2.41. The molecule has 1 rings (SSSR count). The van der Waals surface area contributed by atoms with Crippen LogP contribution in [0.3, 0.4) is 0 Å². The Morgan fingerprint density at radius 1 is 1.41 bits per heavy atom. The molecule has 0 fully saturated rings. The van der Waals surface area contributed by atoms with Crippen molar-refractivity contribution in [3.8, 4) is 0 Å². The van der Waals surface area contributed by atoms with E-state index in [2.05, 4.69) is 21.2 Å². The number of carbonyl (C=O) groups is 2. The summed E-state index contributed by atoms with van der Waals surface area (Å²) in [5.74, 6) is -0.493. The maximum Gasteiger partial charge on any atom is 0.251 e. The van der Waals surface area contributed by atoms with Gasteiger partial charge in [0.2, 0.25) is 5.91 Å². The Hall–Kier alpha value is -1.36. The van der Waals surface area contributed by atoms with Gasteiger partial charge >= 0.3 is 0 Å². The second-order valence-corrected chi connectivity index (χ2v) is 4.64. The molecule has 0 radical (unpaired) electrons. The highest BCUT2D eigenvalue weighted by atomic mass is 79.9. The Kier molecular flexibility index (Phi) is 5.15. The molecule has 0 aromatic heterocycles. The van der Waals surface area contributed by atoms with Crippen molar-refractivity contribution >= 4 is 27.7 Å². The van der Waals surface area contributed by atoms with Gasteiger partial charge in [-0.2, -0.15) is 0 Å². The van der Waals surface area contributed by atoms with Gasteiger partial charge < -0.3 is 11.1 Å². The van der Waals surface area contributed by atoms with Crippen molar-refractivity contribution in [2.75, 3.05) is 6.54 Å². The van der Waals surface area contributed by atoms with Crippen LogP contribution in [0.15, 0.2) is 22.7 Å². The number of primary amides is 1. The Morgan fingerprint density at radius 3 is 2.71 bits per heavy atom. The van der Waals surface area contributed by atoms with Crippen molar-refractivity contribution in [2.24, 2.45) is 5.73 Å². The largest absolute Gasteiger partial charge is 0.370 e. The van der Waals surface area contributed by atoms with Crippen LogP contribution in [0, 0.1) is 6.92 Å². The number of halogens is 1. The van der Waals surface area contributed by atoms with E-state index in [1.165, 1.54) is 0 Å². The van der Waals surface area contributed by atoms with E-state index in [4.69, 9.17) is 5.73 Å². The van der Waals surface area contributed by atoms with E-state index >= 15 is 0 Å². The molecule has 1 aromatic rings. The normalized spacial score (nSPS) is 10.0. The summed E-state index contributed by atoms with van der Waals surface area (Å²) in [5.41, 5.74) is 6.68. The molecule has 92 valence electrons. The molecule has 0 heterocycles. The molecule has 0 atom stereocenters. The Labute approximate surface area is 109 Å². The standard InChI is InChI=1S/C12H15BrN2O2/c1-8-4-5-9(7-10(8)13)12(17)15-6-2-3-11(14)16/h4-5,7H,2-3,6H2,1H3,(H2,14,16)(H,15,17). The van der Waals surface area contributed by atoms with E-state index in [1.54, 1.807) is 12.1 Å². The molecule has 0 aliphatic rings. The summed E-state index contributed by atoms with van der Waals surface area (Å²) in [7, 11) is 0. The number of amides is 2. The Morgan fingerprint density at radius 2 is 2.12 bits per heavy atom. The summed E-state index contributed by atoms with van der Waals surface area (Å²) < 4.78 is 0.905. The van der Waals surface area contributed by atoms with Gasteiger partial charge in [0.15, 0.2) is 0 Å². The van der Waals surface area contributed by atoms with E-state index in [-0.39, 0.29) is 18.2 Å². The second-order valence-electron chi connectivity index (χ2n) is 3.79. The van der Waals surface area contributed by atoms with Crippen LogP contribution in [0.2, 0.25) is 0 Å². The molecule has 0 aliphatic carbocycles. The molecule has 0 saturated heterocycles. The molecule has 2 amide bonds. The Balaban J connectivity index is 2.47. The molecular weight excluding hydrogens is 284 g/mol. The van der Waals surface area contributed by atoms with Gasteiger partial charge in [-0.1, -0.05) is 22.0 Å². The van der Waals surface area contributed by atoms with Crippen molar-refractivity contribution < 1.29 is 9.59 Å². The average Bonchev–Trinajstić information content (AvgIpc) is 2.27. The third-order valence-corrected chi connectivity index (χ3v) is 3.17. The molecule has 3 N–H and O–H groups in total. The number of benzene rings is 1. The van der Waals surface area contributed by atoms with Crippen LogP contribution in [0.4, 0.5) is 0 Å². The lowest BCUT2D eigenvalue weighted by Gasteiger charge is -2.06. The molecule has 5 heteroatoms. The van der Waals surface area contributed by atoms with E-state index in [0.29, 0.717) is 18.5 Å². The van der Waals surface area contributed by atoms with Gasteiger partial charge in [0.05, 0.1) is 0 Å². The fraction of sp³-hybridized carbons (Fsp3) is 0.333. The molecule has 17 heavy (non-hydrogen) atoms. The fourth-order valence-corrected chi connectivity index (χ4v) is 1.68. The summed E-state index contributed by atoms with van der Waals surface area (Å²) in [4.78, 5) is 22.2. The average molecular weight is 299 g/mol. The minimum Gasteiger partial charge on any atom is -0.370 e. The van der Waals surface area contributed by atoms with Gasteiger partial charge in [-0.15, -0.1) is 0 Å². The topological polar surface area (TPSA) is 72.2 Å². The zero-order chi connectivity index (χ0) is 12.8. The highest BCUT2D eigenvalue weighted by molar-refractivity contribution is 9.10. The predicted molar refractivity (Wildman–Crippen MR) is 69.6 cm³/mol. The predicted octanol–water partition coefficient (Wildman–Crippen LogP) is 1.75. The Bertz CT molecular complexity index is 433. The van der Waals surface area contributed by atoms with Crippen LogP contribution >= 0.6 is 15.9 Å². The summed E-state index contributed by atoms with van der Waals surface area (Å²) in [6, 6.07) is 5.42. The van der Waals surface area contributed by atoms with Crippen molar-refractivity contribution in [2.45, 2.75) is 19.8 Å². The third-order valence-electron chi connectivity index (χ3n) is 2.32. The van der Waals surface area contributed by atoms with Gasteiger partial charge in [-0.25, -0.2) is 0 Å². The van der Waals surface area contributed by atoms with Crippen LogP contribution < -0.4 is 11.1 Å². The van der Waals surface area contributed by atoms with Gasteiger partial charge in [0.1, 0.15) is 0 Å². The van der Waals surface area contributed by atoms with Gasteiger partial charge in [0, 0.05) is 23.0 Å². The quantitative estimate of drug-likeness (QED) is 0.813. The van der Waals surface area contributed by atoms with Gasteiger partial charge in [-0.05, 0) is 31.0 Å². The lowest BCUT2D eigenvalue weighted by molar-refractivity contribution is -0.118. The fourth-order valence-electron chi connectivity index (χ4n) is 1.30. The highest BCUT2D eigenvalue weighted by Gasteiger charge is 2.06. The van der Waals surface area contributed by atoms with E-state index in [1.807, 2.05) is 13.0 Å². The first-order chi connectivity index (χ1) is 8.00. The first-order valence-corrected chi connectivity index (χ1v) is 6.12. The van der Waals surface area contributed by atoms with Crippen LogP contribution in [0.25, 0.3) is 0 Å². The van der Waals surface area contributed by atoms with Crippen molar-refractivity contribution in [1.82, 2.24) is 5.32 Å². The molecule has 4 nitrogen and oxygen atoms in total. The van der Waals surface area contributed by atoms with Crippen LogP contribution in [-0.2, 0) is 4.79 Å². The van der Waals surface area contributed by atoms with Crippen molar-refractivity contribution in [1.29, 1.82) is 0 Å². The third kappa shape index (κ3) is 4.56. The lowest BCUT2D eigenvalue weighted by atomic mass is 10.1. The van der Waals surface area contributed by atoms with Gasteiger partial charge in [-0.3, -0.25) is 9.59 Å². The zero-order valence-electron chi connectivity index (χ0n) is 9.63. The molecule has 0 spiro atoms. The molecular formula is C12H15BrN2O2. The highest BCUT2D eigenvalue weighted by Crippen LogP contribution is 2.17. The number of nitrogens with one attached hydrogen (secondary N) is 1. The van der Waals surface area contributed by atoms with Crippen LogP contribution in [0.5, 0.6) is 0 Å². The summed E-state index contributed by atoms with van der Waals surface area (Å²) >= 11 is 3.37. The maximum absolute atomic E-state index is 11.7. The van der Waals surface area contributed by atoms with E-state index in [0.717, 1.165) is 10.0 Å². The minimum atomic E-state index is -0.350. The lowest BCUT2D eigenvalue weighted by Crippen LogP contribution is -2.25. The molecule has 1 aromatic carbocycles. The molecule has 0 aliphatic heterocycles. The van der Waals surface area contributed by atoms with E-state index in [9.17, 15) is 9.59 Å². The van der Waals surface area contributed by atoms with Crippen molar-refractivity contribution in [3.05, 3.63) is 33.8 Å². The molecule has 0 bridgehead atoms. The minimum absolute atomic E-state index is 0.143. The smallest absolute Gasteiger partial charge is 0.251 e.